The summed E-state index contributed by atoms with van der Waals surface area (Å²) in [5, 5.41) is 3.48. The Labute approximate surface area is 99.7 Å². The van der Waals surface area contributed by atoms with Gasteiger partial charge < -0.3 is 10.2 Å². The third kappa shape index (κ3) is 3.76. The molecule has 0 aliphatic heterocycles. The van der Waals surface area contributed by atoms with Gasteiger partial charge in [-0.3, -0.25) is 0 Å². The summed E-state index contributed by atoms with van der Waals surface area (Å²) in [6.07, 6.45) is 0. The number of rotatable bonds is 3. The molecule has 0 aliphatic rings. The molecule has 0 fully saturated rings. The van der Waals surface area contributed by atoms with Crippen LogP contribution in [0.25, 0.3) is 0 Å². The lowest BCUT2D eigenvalue weighted by Gasteiger charge is -2.21. The van der Waals surface area contributed by atoms with E-state index in [4.69, 9.17) is 0 Å². The molecule has 1 rings (SSSR count). The summed E-state index contributed by atoms with van der Waals surface area (Å²) >= 11 is 0. The smallest absolute Gasteiger partial charge is 0.0411 e. The molecule has 0 heterocycles. The van der Waals surface area contributed by atoms with Gasteiger partial charge in [0.2, 0.25) is 0 Å². The molecule has 1 aromatic rings. The number of aryl methyl sites for hydroxylation is 1. The van der Waals surface area contributed by atoms with Crippen LogP contribution < -0.4 is 10.2 Å². The predicted molar refractivity (Wildman–Crippen MR) is 73.5 cm³/mol. The highest BCUT2D eigenvalue weighted by molar-refractivity contribution is 5.61. The second-order valence-electron chi connectivity index (χ2n) is 5.81. The van der Waals surface area contributed by atoms with Gasteiger partial charge in [0.25, 0.3) is 0 Å². The zero-order valence-corrected chi connectivity index (χ0v) is 11.4. The Kier molecular flexibility index (Phi) is 3.84. The number of hydrogen-bond acceptors (Lipinski definition) is 2. The highest BCUT2D eigenvalue weighted by Crippen LogP contribution is 2.23. The van der Waals surface area contributed by atoms with Crippen LogP contribution in [0.3, 0.4) is 0 Å². The lowest BCUT2D eigenvalue weighted by molar-refractivity contribution is 0.443. The second kappa shape index (κ2) is 4.77. The molecule has 0 unspecified atom stereocenters. The Morgan fingerprint density at radius 3 is 2.31 bits per heavy atom. The summed E-state index contributed by atoms with van der Waals surface area (Å²) in [6.45, 7) is 9.84. The van der Waals surface area contributed by atoms with Gasteiger partial charge in [-0.1, -0.05) is 26.8 Å². The monoisotopic (exact) mass is 220 g/mol. The molecule has 0 spiro atoms. The SMILES string of the molecule is Cc1ccc(NCC(C)(C)C)cc1N(C)C. The second-order valence-corrected chi connectivity index (χ2v) is 5.81. The Balaban J connectivity index is 2.79. The summed E-state index contributed by atoms with van der Waals surface area (Å²) in [5.74, 6) is 0. The summed E-state index contributed by atoms with van der Waals surface area (Å²) < 4.78 is 0. The first-order valence-electron chi connectivity index (χ1n) is 5.81. The Bertz CT molecular complexity index is 348. The van der Waals surface area contributed by atoms with Crippen molar-refractivity contribution in [3.63, 3.8) is 0 Å². The molecule has 0 radical (unpaired) electrons. The van der Waals surface area contributed by atoms with E-state index >= 15 is 0 Å². The summed E-state index contributed by atoms with van der Waals surface area (Å²) in [4.78, 5) is 2.15. The van der Waals surface area contributed by atoms with Gasteiger partial charge in [-0.05, 0) is 30.0 Å². The first kappa shape index (κ1) is 12.9. The fraction of sp³-hybridized carbons (Fsp3) is 0.571. The molecule has 1 N–H and O–H groups in total. The molecule has 2 nitrogen and oxygen atoms in total. The molecule has 0 aromatic heterocycles. The van der Waals surface area contributed by atoms with Crippen molar-refractivity contribution >= 4 is 11.4 Å². The number of anilines is 2. The van der Waals surface area contributed by atoms with E-state index in [1.165, 1.54) is 16.9 Å². The standard InChI is InChI=1S/C14H24N2/c1-11-7-8-12(9-13(11)16(5)6)15-10-14(2,3)4/h7-9,15H,10H2,1-6H3. The van der Waals surface area contributed by atoms with Gasteiger partial charge in [-0.2, -0.15) is 0 Å². The van der Waals surface area contributed by atoms with E-state index in [-0.39, 0.29) is 0 Å². The molecule has 0 atom stereocenters. The van der Waals surface area contributed by atoms with Gasteiger partial charge in [-0.25, -0.2) is 0 Å². The summed E-state index contributed by atoms with van der Waals surface area (Å²) in [6, 6.07) is 6.52. The van der Waals surface area contributed by atoms with Crippen molar-refractivity contribution in [1.29, 1.82) is 0 Å². The van der Waals surface area contributed by atoms with Gasteiger partial charge in [0.15, 0.2) is 0 Å². The Hall–Kier alpha value is -1.18. The van der Waals surface area contributed by atoms with Crippen LogP contribution in [0.2, 0.25) is 0 Å². The van der Waals surface area contributed by atoms with Gasteiger partial charge >= 0.3 is 0 Å². The van der Waals surface area contributed by atoms with Crippen LogP contribution in [-0.4, -0.2) is 20.6 Å². The highest BCUT2D eigenvalue weighted by Gasteiger charge is 2.10. The quantitative estimate of drug-likeness (QED) is 0.838. The molecule has 90 valence electrons. The van der Waals surface area contributed by atoms with Crippen molar-refractivity contribution in [2.75, 3.05) is 30.9 Å². The van der Waals surface area contributed by atoms with E-state index in [1.807, 2.05) is 0 Å². The number of hydrogen-bond donors (Lipinski definition) is 1. The number of benzene rings is 1. The highest BCUT2D eigenvalue weighted by atomic mass is 15.1. The predicted octanol–water partition coefficient (Wildman–Crippen LogP) is 3.52. The van der Waals surface area contributed by atoms with Crippen molar-refractivity contribution < 1.29 is 0 Å². The largest absolute Gasteiger partial charge is 0.384 e. The van der Waals surface area contributed by atoms with Crippen molar-refractivity contribution in [2.45, 2.75) is 27.7 Å². The summed E-state index contributed by atoms with van der Waals surface area (Å²) in [5.41, 5.74) is 4.10. The average Bonchev–Trinajstić information content (AvgIpc) is 2.14. The van der Waals surface area contributed by atoms with Gasteiger partial charge in [-0.15, -0.1) is 0 Å². The van der Waals surface area contributed by atoms with Crippen LogP contribution in [0.4, 0.5) is 11.4 Å². The van der Waals surface area contributed by atoms with Gasteiger partial charge in [0.05, 0.1) is 0 Å². The molecule has 0 saturated carbocycles. The van der Waals surface area contributed by atoms with Crippen LogP contribution in [0.1, 0.15) is 26.3 Å². The van der Waals surface area contributed by atoms with E-state index in [9.17, 15) is 0 Å². The Morgan fingerprint density at radius 2 is 1.81 bits per heavy atom. The van der Waals surface area contributed by atoms with E-state index in [2.05, 4.69) is 70.2 Å². The molecule has 2 heteroatoms. The molecular formula is C14H24N2. The molecule has 16 heavy (non-hydrogen) atoms. The van der Waals surface area contributed by atoms with E-state index < -0.39 is 0 Å². The Morgan fingerprint density at radius 1 is 1.19 bits per heavy atom. The normalized spacial score (nSPS) is 11.4. The van der Waals surface area contributed by atoms with Gasteiger partial charge in [0, 0.05) is 32.0 Å². The van der Waals surface area contributed by atoms with Crippen molar-refractivity contribution in [3.8, 4) is 0 Å². The number of nitrogens with one attached hydrogen (secondary N) is 1. The fourth-order valence-corrected chi connectivity index (χ4v) is 1.57. The lowest BCUT2D eigenvalue weighted by atomic mass is 9.97. The average molecular weight is 220 g/mol. The third-order valence-electron chi connectivity index (χ3n) is 2.51. The van der Waals surface area contributed by atoms with E-state index in [0.717, 1.165) is 6.54 Å². The minimum absolute atomic E-state index is 0.309. The van der Waals surface area contributed by atoms with Crippen LogP contribution in [0, 0.1) is 12.3 Å². The topological polar surface area (TPSA) is 15.3 Å². The van der Waals surface area contributed by atoms with Crippen LogP contribution >= 0.6 is 0 Å². The maximum Gasteiger partial charge on any atom is 0.0411 e. The molecule has 0 aliphatic carbocycles. The third-order valence-corrected chi connectivity index (χ3v) is 2.51. The zero-order chi connectivity index (χ0) is 12.3. The van der Waals surface area contributed by atoms with Gasteiger partial charge in [0.1, 0.15) is 0 Å². The minimum Gasteiger partial charge on any atom is -0.384 e. The number of nitrogens with zero attached hydrogens (tertiary/aromatic N) is 1. The maximum atomic E-state index is 3.48. The van der Waals surface area contributed by atoms with E-state index in [0.29, 0.717) is 5.41 Å². The summed E-state index contributed by atoms with van der Waals surface area (Å²) in [7, 11) is 4.16. The first-order chi connectivity index (χ1) is 7.29. The molecule has 0 saturated heterocycles. The minimum atomic E-state index is 0.309. The fourth-order valence-electron chi connectivity index (χ4n) is 1.57. The van der Waals surface area contributed by atoms with Crippen molar-refractivity contribution in [2.24, 2.45) is 5.41 Å². The van der Waals surface area contributed by atoms with E-state index in [1.54, 1.807) is 0 Å². The lowest BCUT2D eigenvalue weighted by Crippen LogP contribution is -2.19. The van der Waals surface area contributed by atoms with Crippen LogP contribution in [0.15, 0.2) is 18.2 Å². The molecule has 0 bridgehead atoms. The maximum absolute atomic E-state index is 3.48. The molecular weight excluding hydrogens is 196 g/mol. The molecule has 1 aromatic carbocycles. The van der Waals surface area contributed by atoms with Crippen molar-refractivity contribution in [3.05, 3.63) is 23.8 Å². The van der Waals surface area contributed by atoms with Crippen molar-refractivity contribution in [1.82, 2.24) is 0 Å². The van der Waals surface area contributed by atoms with Crippen LogP contribution in [-0.2, 0) is 0 Å². The molecule has 0 amide bonds. The van der Waals surface area contributed by atoms with Crippen LogP contribution in [0.5, 0.6) is 0 Å². The zero-order valence-electron chi connectivity index (χ0n) is 11.4. The first-order valence-corrected chi connectivity index (χ1v) is 5.81.